The Morgan fingerprint density at radius 1 is 1.16 bits per heavy atom. The maximum Gasteiger partial charge on any atom is 0.319 e. The number of thiophene rings is 1. The van der Waals surface area contributed by atoms with Crippen LogP contribution in [0.2, 0.25) is 0 Å². The Morgan fingerprint density at radius 2 is 2.00 bits per heavy atom. The Kier molecular flexibility index (Phi) is 6.33. The summed E-state index contributed by atoms with van der Waals surface area (Å²) >= 11 is 1.59. The molecule has 2 aromatic rings. The number of piperazine rings is 1. The zero-order chi connectivity index (χ0) is 21.0. The van der Waals surface area contributed by atoms with Crippen LogP contribution < -0.4 is 15.5 Å². The number of hydrogen-bond acceptors (Lipinski definition) is 7. The van der Waals surface area contributed by atoms with Crippen LogP contribution in [-0.2, 0) is 0 Å². The van der Waals surface area contributed by atoms with Gasteiger partial charge >= 0.3 is 6.03 Å². The van der Waals surface area contributed by atoms with E-state index in [2.05, 4.69) is 35.3 Å². The molecular formula is C22H31N7OS. The van der Waals surface area contributed by atoms with Gasteiger partial charge in [0.2, 0.25) is 5.95 Å². The Balaban J connectivity index is 1.06. The van der Waals surface area contributed by atoms with Crippen molar-refractivity contribution in [1.82, 2.24) is 25.1 Å². The van der Waals surface area contributed by atoms with Crippen LogP contribution in [0.1, 0.15) is 12.8 Å². The number of fused-ring (bicyclic) bond motifs is 3. The van der Waals surface area contributed by atoms with Gasteiger partial charge in [0.25, 0.3) is 0 Å². The van der Waals surface area contributed by atoms with Crippen molar-refractivity contribution >= 4 is 29.0 Å². The van der Waals surface area contributed by atoms with Crippen molar-refractivity contribution in [1.29, 1.82) is 0 Å². The van der Waals surface area contributed by atoms with Gasteiger partial charge in [0.15, 0.2) is 0 Å². The van der Waals surface area contributed by atoms with E-state index in [0.717, 1.165) is 62.7 Å². The summed E-state index contributed by atoms with van der Waals surface area (Å²) in [6.45, 7) is 8.39. The molecule has 0 saturated carbocycles. The fourth-order valence-electron chi connectivity index (χ4n) is 5.31. The number of piperidine rings is 3. The van der Waals surface area contributed by atoms with E-state index in [0.29, 0.717) is 6.04 Å². The second kappa shape index (κ2) is 9.50. The first-order chi connectivity index (χ1) is 15.2. The minimum absolute atomic E-state index is 0.0992. The van der Waals surface area contributed by atoms with Gasteiger partial charge in [-0.2, -0.15) is 11.3 Å². The summed E-state index contributed by atoms with van der Waals surface area (Å²) in [6.07, 6.45) is 6.12. The highest BCUT2D eigenvalue weighted by Gasteiger charge is 2.40. The summed E-state index contributed by atoms with van der Waals surface area (Å²) in [4.78, 5) is 28.4. The van der Waals surface area contributed by atoms with E-state index in [-0.39, 0.29) is 6.03 Å². The molecule has 0 radical (unpaired) electrons. The number of aromatic nitrogens is 2. The minimum atomic E-state index is -0.0992. The lowest BCUT2D eigenvalue weighted by atomic mass is 9.75. The van der Waals surface area contributed by atoms with Crippen molar-refractivity contribution in [3.8, 4) is 0 Å². The molecule has 4 aliphatic heterocycles. The number of hydrogen-bond donors (Lipinski definition) is 2. The molecule has 0 aromatic carbocycles. The van der Waals surface area contributed by atoms with E-state index in [1.807, 2.05) is 35.3 Å². The van der Waals surface area contributed by atoms with Crippen LogP contribution in [0.4, 0.5) is 16.4 Å². The molecule has 31 heavy (non-hydrogen) atoms. The van der Waals surface area contributed by atoms with Crippen LogP contribution in [0, 0.1) is 11.8 Å². The molecule has 2 bridgehead atoms. The second-order valence-electron chi connectivity index (χ2n) is 8.88. The second-order valence-corrected chi connectivity index (χ2v) is 9.66. The average Bonchev–Trinajstić information content (AvgIpc) is 3.32. The molecule has 0 spiro atoms. The number of carbonyl (C=O) groups excluding carboxylic acids is 1. The largest absolute Gasteiger partial charge is 0.338 e. The van der Waals surface area contributed by atoms with Crippen molar-refractivity contribution in [2.45, 2.75) is 18.9 Å². The van der Waals surface area contributed by atoms with Gasteiger partial charge in [-0.1, -0.05) is 0 Å². The lowest BCUT2D eigenvalue weighted by Gasteiger charge is -2.51. The van der Waals surface area contributed by atoms with E-state index >= 15 is 0 Å². The normalized spacial score (nSPS) is 28.5. The van der Waals surface area contributed by atoms with Crippen molar-refractivity contribution in [3.05, 3.63) is 35.3 Å². The lowest BCUT2D eigenvalue weighted by molar-refractivity contribution is -0.0114. The number of amides is 2. The van der Waals surface area contributed by atoms with E-state index < -0.39 is 0 Å². The molecule has 4 unspecified atom stereocenters. The Morgan fingerprint density at radius 3 is 2.71 bits per heavy atom. The number of nitrogens with one attached hydrogen (secondary N) is 2. The highest BCUT2D eigenvalue weighted by molar-refractivity contribution is 7.08. The zero-order valence-corrected chi connectivity index (χ0v) is 18.6. The molecule has 2 aromatic heterocycles. The van der Waals surface area contributed by atoms with Crippen LogP contribution in [0.3, 0.4) is 0 Å². The van der Waals surface area contributed by atoms with Gasteiger partial charge in [0.1, 0.15) is 0 Å². The Labute approximate surface area is 187 Å². The predicted molar refractivity (Wildman–Crippen MR) is 124 cm³/mol. The van der Waals surface area contributed by atoms with Gasteiger partial charge in [-0.15, -0.1) is 0 Å². The standard InChI is InChI=1S/C22H31N7OS/c30-22(26-19-3-11-31-16-19)25-13-20-12-17-2-6-29(20)15-18(17)14-27-7-9-28(10-8-27)21-23-4-1-5-24-21/h1,3-5,11,16-18,20H,2,6-10,12-15H2,(H2,25,26,30). The summed E-state index contributed by atoms with van der Waals surface area (Å²) in [5.41, 5.74) is 0.868. The fourth-order valence-corrected chi connectivity index (χ4v) is 5.89. The van der Waals surface area contributed by atoms with Crippen molar-refractivity contribution in [3.63, 3.8) is 0 Å². The molecule has 8 nitrogen and oxygen atoms in total. The maximum atomic E-state index is 12.2. The molecule has 4 fully saturated rings. The van der Waals surface area contributed by atoms with Gasteiger partial charge in [0.05, 0.1) is 5.69 Å². The third kappa shape index (κ3) is 4.99. The van der Waals surface area contributed by atoms with E-state index in [9.17, 15) is 4.79 Å². The average molecular weight is 442 g/mol. The third-order valence-corrected chi connectivity index (χ3v) is 7.67. The number of carbonyl (C=O) groups is 1. The van der Waals surface area contributed by atoms with E-state index in [4.69, 9.17) is 0 Å². The van der Waals surface area contributed by atoms with Crippen LogP contribution in [0.5, 0.6) is 0 Å². The summed E-state index contributed by atoms with van der Waals surface area (Å²) in [5, 5.41) is 9.90. The third-order valence-electron chi connectivity index (χ3n) is 6.99. The predicted octanol–water partition coefficient (Wildman–Crippen LogP) is 2.19. The smallest absolute Gasteiger partial charge is 0.319 e. The molecule has 6 rings (SSSR count). The van der Waals surface area contributed by atoms with Gasteiger partial charge in [-0.25, -0.2) is 14.8 Å². The molecule has 4 saturated heterocycles. The molecule has 2 N–H and O–H groups in total. The monoisotopic (exact) mass is 441 g/mol. The first-order valence-electron chi connectivity index (χ1n) is 11.3. The fraction of sp³-hybridized carbons (Fsp3) is 0.591. The molecule has 2 amide bonds. The number of anilines is 2. The summed E-state index contributed by atoms with van der Waals surface area (Å²) < 4.78 is 0. The zero-order valence-electron chi connectivity index (χ0n) is 17.8. The number of rotatable bonds is 6. The maximum absolute atomic E-state index is 12.2. The molecular weight excluding hydrogens is 410 g/mol. The van der Waals surface area contributed by atoms with Gasteiger partial charge in [-0.3, -0.25) is 9.80 Å². The molecule has 4 atom stereocenters. The first kappa shape index (κ1) is 20.7. The summed E-state index contributed by atoms with van der Waals surface area (Å²) in [6, 6.07) is 4.16. The first-order valence-corrected chi connectivity index (χ1v) is 12.2. The van der Waals surface area contributed by atoms with E-state index in [1.54, 1.807) is 11.3 Å². The molecule has 0 aliphatic carbocycles. The lowest BCUT2D eigenvalue weighted by Crippen LogP contribution is -2.59. The molecule has 4 aliphatic rings. The molecule has 9 heteroatoms. The topological polar surface area (TPSA) is 76.6 Å². The van der Waals surface area contributed by atoms with Crippen LogP contribution in [0.15, 0.2) is 35.3 Å². The quantitative estimate of drug-likeness (QED) is 0.716. The molecule has 166 valence electrons. The van der Waals surface area contributed by atoms with E-state index in [1.165, 1.54) is 25.9 Å². The van der Waals surface area contributed by atoms with Crippen LogP contribution >= 0.6 is 11.3 Å². The van der Waals surface area contributed by atoms with Gasteiger partial charge < -0.3 is 15.5 Å². The van der Waals surface area contributed by atoms with Crippen molar-refractivity contribution in [2.24, 2.45) is 11.8 Å². The van der Waals surface area contributed by atoms with Crippen molar-refractivity contribution < 1.29 is 4.79 Å². The van der Waals surface area contributed by atoms with Crippen molar-refractivity contribution in [2.75, 3.05) is 62.6 Å². The number of nitrogens with zero attached hydrogens (tertiary/aromatic N) is 5. The molecule has 6 heterocycles. The van der Waals surface area contributed by atoms with Crippen LogP contribution in [-0.4, -0.2) is 84.2 Å². The Bertz CT molecular complexity index is 841. The highest BCUT2D eigenvalue weighted by Crippen LogP contribution is 2.36. The van der Waals surface area contributed by atoms with Crippen LogP contribution in [0.25, 0.3) is 0 Å². The minimum Gasteiger partial charge on any atom is -0.338 e. The summed E-state index contributed by atoms with van der Waals surface area (Å²) in [7, 11) is 0. The van der Waals surface area contributed by atoms with Gasteiger partial charge in [-0.05, 0) is 48.7 Å². The number of urea groups is 1. The highest BCUT2D eigenvalue weighted by atomic mass is 32.1. The SMILES string of the molecule is O=C(NCC1CC2CCN1CC2CN1CCN(c2ncccn2)CC1)Nc1ccsc1. The Hall–Kier alpha value is -2.23. The van der Waals surface area contributed by atoms with Gasteiger partial charge in [0, 0.05) is 69.6 Å². The summed E-state index contributed by atoms with van der Waals surface area (Å²) in [5.74, 6) is 2.36.